The van der Waals surface area contributed by atoms with Gasteiger partial charge in [0.15, 0.2) is 5.82 Å². The summed E-state index contributed by atoms with van der Waals surface area (Å²) in [6, 6.07) is 9.47. The number of amides is 1. The van der Waals surface area contributed by atoms with Crippen molar-refractivity contribution >= 4 is 5.91 Å². The molecule has 1 fully saturated rings. The van der Waals surface area contributed by atoms with Crippen LogP contribution < -0.4 is 5.32 Å². The van der Waals surface area contributed by atoms with Crippen molar-refractivity contribution in [1.82, 2.24) is 35.7 Å². The Morgan fingerprint density at radius 2 is 2.19 bits per heavy atom. The molecule has 27 heavy (non-hydrogen) atoms. The summed E-state index contributed by atoms with van der Waals surface area (Å²) in [6.07, 6.45) is 2.27. The van der Waals surface area contributed by atoms with E-state index in [4.69, 9.17) is 9.26 Å². The molecule has 10 nitrogen and oxygen atoms in total. The molecular formula is C17H19N7O3. The second-order valence-corrected chi connectivity index (χ2v) is 6.16. The predicted octanol–water partition coefficient (Wildman–Crippen LogP) is 0.933. The molecule has 0 spiro atoms. The molecular weight excluding hydrogens is 350 g/mol. The quantitative estimate of drug-likeness (QED) is 0.653. The van der Waals surface area contributed by atoms with E-state index in [1.54, 1.807) is 0 Å². The Morgan fingerprint density at radius 1 is 1.30 bits per heavy atom. The third-order valence-electron chi connectivity index (χ3n) is 4.13. The van der Waals surface area contributed by atoms with Crippen molar-refractivity contribution in [2.75, 3.05) is 13.2 Å². The van der Waals surface area contributed by atoms with E-state index < -0.39 is 0 Å². The number of ether oxygens (including phenoxy) is 1. The summed E-state index contributed by atoms with van der Waals surface area (Å²) >= 11 is 0. The lowest BCUT2D eigenvalue weighted by Gasteiger charge is -2.02. The Kier molecular flexibility index (Phi) is 5.15. The molecule has 1 aliphatic rings. The number of nitrogens with zero attached hydrogens (tertiary/aromatic N) is 6. The van der Waals surface area contributed by atoms with Crippen molar-refractivity contribution in [2.45, 2.75) is 31.9 Å². The first kappa shape index (κ1) is 17.3. The Hall–Kier alpha value is -3.14. The standard InChI is InChI=1S/C17H19N7O3/c25-15(11-24-21-16(20-23-24)12-5-2-1-3-6-12)18-9-8-14-19-17(27-22-14)13-7-4-10-26-13/h1-3,5-6,13H,4,7-11H2,(H,18,25). The number of carbonyl (C=O) groups is 1. The van der Waals surface area contributed by atoms with Gasteiger partial charge in [-0.25, -0.2) is 0 Å². The molecule has 1 atom stereocenters. The fraction of sp³-hybridized carbons (Fsp3) is 0.412. The van der Waals surface area contributed by atoms with Crippen molar-refractivity contribution in [3.05, 3.63) is 42.0 Å². The molecule has 4 rings (SSSR count). The summed E-state index contributed by atoms with van der Waals surface area (Å²) in [4.78, 5) is 17.6. The van der Waals surface area contributed by atoms with E-state index in [2.05, 4.69) is 30.9 Å². The van der Waals surface area contributed by atoms with Crippen LogP contribution in [-0.4, -0.2) is 49.4 Å². The smallest absolute Gasteiger partial charge is 0.255 e. The van der Waals surface area contributed by atoms with Gasteiger partial charge in [0.2, 0.25) is 11.7 Å². The van der Waals surface area contributed by atoms with Crippen LogP contribution in [0.5, 0.6) is 0 Å². The zero-order chi connectivity index (χ0) is 18.5. The molecule has 140 valence electrons. The van der Waals surface area contributed by atoms with Gasteiger partial charge in [-0.3, -0.25) is 4.79 Å². The first-order valence-corrected chi connectivity index (χ1v) is 8.82. The summed E-state index contributed by atoms with van der Waals surface area (Å²) < 4.78 is 10.7. The molecule has 1 saturated heterocycles. The maximum Gasteiger partial charge on any atom is 0.255 e. The topological polar surface area (TPSA) is 121 Å². The Labute approximate surface area is 154 Å². The van der Waals surface area contributed by atoms with Crippen molar-refractivity contribution in [2.24, 2.45) is 0 Å². The average molecular weight is 369 g/mol. The maximum absolute atomic E-state index is 12.0. The molecule has 10 heteroatoms. The van der Waals surface area contributed by atoms with Gasteiger partial charge in [-0.15, -0.1) is 10.2 Å². The molecule has 1 unspecified atom stereocenters. The predicted molar refractivity (Wildman–Crippen MR) is 92.2 cm³/mol. The van der Waals surface area contributed by atoms with Crippen molar-refractivity contribution in [3.8, 4) is 11.4 Å². The summed E-state index contributed by atoms with van der Waals surface area (Å²) in [5, 5.41) is 18.8. The van der Waals surface area contributed by atoms with Crippen LogP contribution in [0, 0.1) is 0 Å². The SMILES string of the molecule is O=C(Cn1nnc(-c2ccccc2)n1)NCCc1noc(C2CCCO2)n1. The third kappa shape index (κ3) is 4.34. The molecule has 1 amide bonds. The van der Waals surface area contributed by atoms with Crippen LogP contribution in [0.25, 0.3) is 11.4 Å². The molecule has 1 N–H and O–H groups in total. The second kappa shape index (κ2) is 8.04. The fourth-order valence-corrected chi connectivity index (χ4v) is 2.78. The molecule has 2 aromatic heterocycles. The van der Waals surface area contributed by atoms with Gasteiger partial charge < -0.3 is 14.6 Å². The van der Waals surface area contributed by atoms with E-state index in [1.807, 2.05) is 30.3 Å². The normalized spacial score (nSPS) is 16.5. The number of hydrogen-bond donors (Lipinski definition) is 1. The molecule has 1 aromatic carbocycles. The number of nitrogens with one attached hydrogen (secondary N) is 1. The van der Waals surface area contributed by atoms with Crippen molar-refractivity contribution in [1.29, 1.82) is 0 Å². The summed E-state index contributed by atoms with van der Waals surface area (Å²) in [6.45, 7) is 1.11. The van der Waals surface area contributed by atoms with Crippen molar-refractivity contribution in [3.63, 3.8) is 0 Å². The van der Waals surface area contributed by atoms with E-state index in [0.717, 1.165) is 25.0 Å². The average Bonchev–Trinajstić information content (AvgIpc) is 3.44. The monoisotopic (exact) mass is 369 g/mol. The van der Waals surface area contributed by atoms with Gasteiger partial charge in [0, 0.05) is 25.1 Å². The van der Waals surface area contributed by atoms with Gasteiger partial charge in [-0.1, -0.05) is 35.5 Å². The zero-order valence-electron chi connectivity index (χ0n) is 14.6. The Morgan fingerprint density at radius 3 is 3.00 bits per heavy atom. The van der Waals surface area contributed by atoms with E-state index in [0.29, 0.717) is 30.5 Å². The Balaban J connectivity index is 1.24. The Bertz CT molecular complexity index is 887. The number of carbonyl (C=O) groups excluding carboxylic acids is 1. The number of rotatable bonds is 7. The van der Waals surface area contributed by atoms with Crippen LogP contribution in [-0.2, 0) is 22.5 Å². The second-order valence-electron chi connectivity index (χ2n) is 6.16. The largest absolute Gasteiger partial charge is 0.368 e. The van der Waals surface area contributed by atoms with Gasteiger partial charge in [0.1, 0.15) is 12.6 Å². The molecule has 3 aromatic rings. The summed E-state index contributed by atoms with van der Waals surface area (Å²) in [5.74, 6) is 1.33. The van der Waals surface area contributed by atoms with Crippen LogP contribution in [0.15, 0.2) is 34.9 Å². The van der Waals surface area contributed by atoms with Crippen molar-refractivity contribution < 1.29 is 14.1 Å². The van der Waals surface area contributed by atoms with Gasteiger partial charge >= 0.3 is 0 Å². The number of benzene rings is 1. The van der Waals surface area contributed by atoms with Gasteiger partial charge in [0.25, 0.3) is 5.89 Å². The highest BCUT2D eigenvalue weighted by Crippen LogP contribution is 2.26. The lowest BCUT2D eigenvalue weighted by Crippen LogP contribution is -2.30. The zero-order valence-corrected chi connectivity index (χ0v) is 14.6. The minimum absolute atomic E-state index is 0.00670. The first-order valence-electron chi connectivity index (χ1n) is 8.82. The van der Waals surface area contributed by atoms with E-state index in [1.165, 1.54) is 4.80 Å². The molecule has 3 heterocycles. The lowest BCUT2D eigenvalue weighted by atomic mass is 10.2. The van der Waals surface area contributed by atoms with Crippen LogP contribution >= 0.6 is 0 Å². The molecule has 0 saturated carbocycles. The van der Waals surface area contributed by atoms with Gasteiger partial charge in [-0.2, -0.15) is 9.78 Å². The van der Waals surface area contributed by atoms with Crippen LogP contribution in [0.2, 0.25) is 0 Å². The van der Waals surface area contributed by atoms with E-state index in [-0.39, 0.29) is 18.6 Å². The van der Waals surface area contributed by atoms with Gasteiger partial charge in [0.05, 0.1) is 0 Å². The third-order valence-corrected chi connectivity index (χ3v) is 4.13. The lowest BCUT2D eigenvalue weighted by molar-refractivity contribution is -0.122. The molecule has 0 radical (unpaired) electrons. The van der Waals surface area contributed by atoms with Gasteiger partial charge in [-0.05, 0) is 18.1 Å². The maximum atomic E-state index is 12.0. The molecule has 0 aliphatic carbocycles. The van der Waals surface area contributed by atoms with Crippen LogP contribution in [0.3, 0.4) is 0 Å². The number of tetrazole rings is 1. The molecule has 0 bridgehead atoms. The number of aromatic nitrogens is 6. The highest BCUT2D eigenvalue weighted by atomic mass is 16.5. The highest BCUT2D eigenvalue weighted by molar-refractivity contribution is 5.75. The van der Waals surface area contributed by atoms with Crippen LogP contribution in [0.4, 0.5) is 0 Å². The number of hydrogen-bond acceptors (Lipinski definition) is 8. The van der Waals surface area contributed by atoms with E-state index >= 15 is 0 Å². The summed E-state index contributed by atoms with van der Waals surface area (Å²) in [5.41, 5.74) is 0.850. The summed E-state index contributed by atoms with van der Waals surface area (Å²) in [7, 11) is 0. The highest BCUT2D eigenvalue weighted by Gasteiger charge is 2.23. The van der Waals surface area contributed by atoms with E-state index in [9.17, 15) is 4.79 Å². The minimum atomic E-state index is -0.213. The molecule has 1 aliphatic heterocycles. The van der Waals surface area contributed by atoms with Crippen LogP contribution in [0.1, 0.15) is 30.7 Å². The minimum Gasteiger partial charge on any atom is -0.368 e. The fourth-order valence-electron chi connectivity index (χ4n) is 2.78. The first-order chi connectivity index (χ1) is 13.3.